The van der Waals surface area contributed by atoms with Crippen LogP contribution in [0.25, 0.3) is 0 Å². The second-order valence-corrected chi connectivity index (χ2v) is 11.0. The van der Waals surface area contributed by atoms with E-state index in [1.807, 2.05) is 0 Å². The molecule has 3 aliphatic heterocycles. The van der Waals surface area contributed by atoms with E-state index in [0.29, 0.717) is 38.8 Å². The highest BCUT2D eigenvalue weighted by molar-refractivity contribution is 5.98. The number of esters is 1. The highest BCUT2D eigenvalue weighted by atomic mass is 16.6. The van der Waals surface area contributed by atoms with Gasteiger partial charge in [0.15, 0.2) is 0 Å². The second kappa shape index (κ2) is 13.6. The molecule has 0 aromatic rings. The molecule has 0 aliphatic carbocycles. The van der Waals surface area contributed by atoms with Crippen LogP contribution in [-0.2, 0) is 28.7 Å². The SMILES string of the molecule is C=CCCC(=O)NC[C@@H](C)OC(=O)[C@@H]1[C@@H]2CC[C@]3(O2)[C@H](C(=O)N(CC=C)CCCCC)N([C@H](C)CO)C(=O)[C@@H]13. The lowest BCUT2D eigenvalue weighted by atomic mass is 9.70. The number of unbranched alkanes of at least 4 members (excludes halogenated alkanes) is 2. The average Bonchev–Trinajstić information content (AvgIpc) is 3.56. The normalized spacial score (nSPS) is 28.5. The summed E-state index contributed by atoms with van der Waals surface area (Å²) in [6.07, 6.45) is 6.83. The maximum absolute atomic E-state index is 14.1. The fraction of sp³-hybridized carbons (Fsp3) is 0.724. The highest BCUT2D eigenvalue weighted by Gasteiger charge is 2.75. The van der Waals surface area contributed by atoms with Crippen molar-refractivity contribution >= 4 is 23.7 Å². The molecule has 0 aromatic carbocycles. The van der Waals surface area contributed by atoms with Gasteiger partial charge in [-0.3, -0.25) is 19.2 Å². The topological polar surface area (TPSA) is 125 Å². The molecule has 0 unspecified atom stereocenters. The average molecular weight is 548 g/mol. The van der Waals surface area contributed by atoms with Crippen molar-refractivity contribution in [3.05, 3.63) is 25.3 Å². The molecule has 3 amide bonds. The Hall–Kier alpha value is -2.72. The number of allylic oxidation sites excluding steroid dienone is 1. The third kappa shape index (κ3) is 6.22. The summed E-state index contributed by atoms with van der Waals surface area (Å²) in [4.78, 5) is 56.5. The minimum Gasteiger partial charge on any atom is -0.460 e. The molecule has 39 heavy (non-hydrogen) atoms. The van der Waals surface area contributed by atoms with Crippen LogP contribution >= 0.6 is 0 Å². The monoisotopic (exact) mass is 547 g/mol. The molecule has 3 fully saturated rings. The second-order valence-electron chi connectivity index (χ2n) is 11.0. The molecule has 0 radical (unpaired) electrons. The van der Waals surface area contributed by atoms with Gasteiger partial charge in [0.1, 0.15) is 17.7 Å². The van der Waals surface area contributed by atoms with E-state index in [-0.39, 0.29) is 30.9 Å². The van der Waals surface area contributed by atoms with Gasteiger partial charge in [0.2, 0.25) is 17.7 Å². The molecule has 0 aromatic heterocycles. The number of aliphatic hydroxyl groups is 1. The Morgan fingerprint density at radius 2 is 2.03 bits per heavy atom. The van der Waals surface area contributed by atoms with Crippen molar-refractivity contribution in [1.29, 1.82) is 0 Å². The molecule has 3 aliphatic rings. The fourth-order valence-electron chi connectivity index (χ4n) is 6.27. The summed E-state index contributed by atoms with van der Waals surface area (Å²) in [6, 6.07) is -1.57. The number of nitrogens with zero attached hydrogens (tertiary/aromatic N) is 2. The summed E-state index contributed by atoms with van der Waals surface area (Å²) in [5.74, 6) is -3.07. The molecular formula is C29H45N3O7. The number of hydrogen-bond acceptors (Lipinski definition) is 7. The van der Waals surface area contributed by atoms with Gasteiger partial charge in [0, 0.05) is 19.5 Å². The van der Waals surface area contributed by atoms with E-state index < -0.39 is 47.7 Å². The number of nitrogens with one attached hydrogen (secondary N) is 1. The fourth-order valence-corrected chi connectivity index (χ4v) is 6.27. The quantitative estimate of drug-likeness (QED) is 0.172. The van der Waals surface area contributed by atoms with Gasteiger partial charge >= 0.3 is 5.97 Å². The van der Waals surface area contributed by atoms with E-state index in [0.717, 1.165) is 19.3 Å². The lowest BCUT2D eigenvalue weighted by molar-refractivity contribution is -0.160. The van der Waals surface area contributed by atoms with Crippen LogP contribution in [0.15, 0.2) is 25.3 Å². The summed E-state index contributed by atoms with van der Waals surface area (Å²) in [6.45, 7) is 13.5. The molecule has 7 atom stereocenters. The number of ether oxygens (including phenoxy) is 2. The first-order valence-electron chi connectivity index (χ1n) is 14.2. The van der Waals surface area contributed by atoms with Gasteiger partial charge in [0.05, 0.1) is 37.1 Å². The maximum Gasteiger partial charge on any atom is 0.312 e. The summed E-state index contributed by atoms with van der Waals surface area (Å²) in [7, 11) is 0. The van der Waals surface area contributed by atoms with E-state index in [1.165, 1.54) is 4.90 Å². The van der Waals surface area contributed by atoms with Crippen molar-refractivity contribution in [3.8, 4) is 0 Å². The molecule has 10 heteroatoms. The Morgan fingerprint density at radius 3 is 2.67 bits per heavy atom. The van der Waals surface area contributed by atoms with Crippen molar-refractivity contribution in [2.75, 3.05) is 26.2 Å². The predicted octanol–water partition coefficient (Wildman–Crippen LogP) is 1.96. The number of amides is 3. The molecule has 2 bridgehead atoms. The molecule has 218 valence electrons. The zero-order valence-electron chi connectivity index (χ0n) is 23.6. The number of carbonyl (C=O) groups excluding carboxylic acids is 4. The van der Waals surface area contributed by atoms with Gasteiger partial charge in [-0.15, -0.1) is 13.2 Å². The molecule has 10 nitrogen and oxygen atoms in total. The Balaban J connectivity index is 1.83. The van der Waals surface area contributed by atoms with Crippen molar-refractivity contribution in [1.82, 2.24) is 15.1 Å². The van der Waals surface area contributed by atoms with Crippen LogP contribution in [0.3, 0.4) is 0 Å². The standard InChI is InChI=1S/C29H45N3O7/c1-6-9-11-16-31(15-8-3)27(36)25-29-14-13-21(39-29)23(24(29)26(35)32(25)19(4)18-33)28(37)38-20(5)17-30-22(34)12-10-7-2/h7-8,19-21,23-25,33H,2-3,6,9-18H2,1,4-5H3,(H,30,34)/t19-,20-,21+,23-,24-,25+,29-/m1/s1. The van der Waals surface area contributed by atoms with Crippen LogP contribution in [0.4, 0.5) is 0 Å². The molecule has 3 rings (SSSR count). The summed E-state index contributed by atoms with van der Waals surface area (Å²) in [5.41, 5.74) is -1.15. The lowest BCUT2D eigenvalue weighted by Crippen LogP contribution is -2.58. The first kappa shape index (κ1) is 30.8. The van der Waals surface area contributed by atoms with Crippen LogP contribution in [-0.4, -0.2) is 94.7 Å². The van der Waals surface area contributed by atoms with Crippen molar-refractivity contribution in [2.45, 2.75) is 95.6 Å². The zero-order chi connectivity index (χ0) is 28.7. The van der Waals surface area contributed by atoms with Crippen LogP contribution in [0.1, 0.15) is 65.7 Å². The largest absolute Gasteiger partial charge is 0.460 e. The van der Waals surface area contributed by atoms with Crippen LogP contribution in [0, 0.1) is 11.8 Å². The molecule has 1 spiro atoms. The van der Waals surface area contributed by atoms with Crippen LogP contribution in [0.5, 0.6) is 0 Å². The third-order valence-electron chi connectivity index (χ3n) is 8.16. The van der Waals surface area contributed by atoms with Crippen LogP contribution in [0.2, 0.25) is 0 Å². The van der Waals surface area contributed by atoms with E-state index in [4.69, 9.17) is 9.47 Å². The third-order valence-corrected chi connectivity index (χ3v) is 8.16. The first-order chi connectivity index (χ1) is 18.7. The maximum atomic E-state index is 14.1. The number of hydrogen-bond donors (Lipinski definition) is 2. The van der Waals surface area contributed by atoms with Gasteiger partial charge in [-0.25, -0.2) is 0 Å². The van der Waals surface area contributed by atoms with E-state index in [9.17, 15) is 24.3 Å². The predicted molar refractivity (Wildman–Crippen MR) is 145 cm³/mol. The van der Waals surface area contributed by atoms with Crippen molar-refractivity contribution < 1.29 is 33.8 Å². The number of fused-ring (bicyclic) bond motifs is 1. The van der Waals surface area contributed by atoms with Crippen molar-refractivity contribution in [2.24, 2.45) is 11.8 Å². The van der Waals surface area contributed by atoms with Gasteiger partial charge in [-0.05, 0) is 39.5 Å². The number of aliphatic hydroxyl groups excluding tert-OH is 1. The molecule has 3 saturated heterocycles. The van der Waals surface area contributed by atoms with Gasteiger partial charge in [-0.2, -0.15) is 0 Å². The number of rotatable bonds is 16. The zero-order valence-corrected chi connectivity index (χ0v) is 23.6. The lowest BCUT2D eigenvalue weighted by Gasteiger charge is -2.38. The van der Waals surface area contributed by atoms with Gasteiger partial charge in [-0.1, -0.05) is 31.9 Å². The smallest absolute Gasteiger partial charge is 0.312 e. The Labute approximate surface area is 231 Å². The minimum absolute atomic E-state index is 0.146. The Kier molecular flexibility index (Phi) is 10.7. The van der Waals surface area contributed by atoms with E-state index in [2.05, 4.69) is 25.4 Å². The Bertz CT molecular complexity index is 940. The molecular weight excluding hydrogens is 502 g/mol. The molecule has 0 saturated carbocycles. The van der Waals surface area contributed by atoms with E-state index >= 15 is 0 Å². The Morgan fingerprint density at radius 1 is 1.28 bits per heavy atom. The van der Waals surface area contributed by atoms with Crippen LogP contribution < -0.4 is 5.32 Å². The van der Waals surface area contributed by atoms with Gasteiger partial charge in [0.25, 0.3) is 0 Å². The summed E-state index contributed by atoms with van der Waals surface area (Å²) in [5, 5.41) is 12.7. The molecule has 2 N–H and O–H groups in total. The highest BCUT2D eigenvalue weighted by Crippen LogP contribution is 2.59. The minimum atomic E-state index is -1.15. The summed E-state index contributed by atoms with van der Waals surface area (Å²) >= 11 is 0. The summed E-state index contributed by atoms with van der Waals surface area (Å²) < 4.78 is 12.1. The number of carbonyl (C=O) groups is 4. The van der Waals surface area contributed by atoms with E-state index in [1.54, 1.807) is 30.9 Å². The first-order valence-corrected chi connectivity index (χ1v) is 14.2. The van der Waals surface area contributed by atoms with Crippen molar-refractivity contribution in [3.63, 3.8) is 0 Å². The van der Waals surface area contributed by atoms with Gasteiger partial charge < -0.3 is 29.7 Å². The molecule has 3 heterocycles. The number of likely N-dealkylation sites (tertiary alicyclic amines) is 1.